The number of aromatic nitrogens is 2. The van der Waals surface area contributed by atoms with E-state index >= 15 is 0 Å². The fourth-order valence-electron chi connectivity index (χ4n) is 2.56. The second-order valence-corrected chi connectivity index (χ2v) is 7.73. The normalized spacial score (nSPS) is 12.7. The van der Waals surface area contributed by atoms with Gasteiger partial charge in [0.15, 0.2) is 0 Å². The van der Waals surface area contributed by atoms with Crippen LogP contribution in [0.2, 0.25) is 5.02 Å². The predicted molar refractivity (Wildman–Crippen MR) is 107 cm³/mol. The van der Waals surface area contributed by atoms with Gasteiger partial charge in [-0.2, -0.15) is 0 Å². The first-order valence-electron chi connectivity index (χ1n) is 8.66. The first-order valence-corrected chi connectivity index (χ1v) is 9.04. The van der Waals surface area contributed by atoms with E-state index in [1.807, 2.05) is 0 Å². The van der Waals surface area contributed by atoms with Crippen LogP contribution < -0.4 is 21.6 Å². The molecule has 0 bridgehead atoms. The van der Waals surface area contributed by atoms with Crippen molar-refractivity contribution in [1.29, 1.82) is 0 Å². The molecule has 0 saturated carbocycles. The number of nitrogens with one attached hydrogen (secondary N) is 1. The first kappa shape index (κ1) is 21.0. The zero-order chi connectivity index (χ0) is 20.4. The van der Waals surface area contributed by atoms with Gasteiger partial charge in [0.05, 0.1) is 28.5 Å². The fourth-order valence-corrected chi connectivity index (χ4v) is 2.81. The summed E-state index contributed by atoms with van der Waals surface area (Å²) in [5.74, 6) is 0.412. The number of alkyl carbamates (subject to hydrolysis) is 1. The van der Waals surface area contributed by atoms with Crippen LogP contribution >= 0.6 is 11.6 Å². The van der Waals surface area contributed by atoms with E-state index < -0.39 is 17.7 Å². The summed E-state index contributed by atoms with van der Waals surface area (Å²) in [4.78, 5) is 29.3. The molecule has 0 unspecified atom stereocenters. The summed E-state index contributed by atoms with van der Waals surface area (Å²) in [6, 6.07) is 4.64. The molecule has 0 aliphatic carbocycles. The number of hydrogen-bond acceptors (Lipinski definition) is 6. The van der Waals surface area contributed by atoms with Gasteiger partial charge in [-0.05, 0) is 39.8 Å². The molecule has 1 heterocycles. The highest BCUT2D eigenvalue weighted by molar-refractivity contribution is 6.35. The lowest BCUT2D eigenvalue weighted by Gasteiger charge is -2.26. The van der Waals surface area contributed by atoms with Crippen molar-refractivity contribution in [3.8, 4) is 0 Å². The molecule has 0 aliphatic rings. The molecular formula is C18H26ClN5O3. The molecule has 0 fully saturated rings. The number of ether oxygens (including phenoxy) is 1. The van der Waals surface area contributed by atoms with Crippen molar-refractivity contribution in [3.05, 3.63) is 39.4 Å². The lowest BCUT2D eigenvalue weighted by atomic mass is 10.2. The molecule has 3 N–H and O–H groups in total. The Labute approximate surface area is 163 Å². The topological polar surface area (TPSA) is 102 Å². The molecule has 1 aromatic carbocycles. The van der Waals surface area contributed by atoms with Crippen molar-refractivity contribution in [3.63, 3.8) is 0 Å². The van der Waals surface area contributed by atoms with Crippen molar-refractivity contribution < 1.29 is 9.53 Å². The Balaban J connectivity index is 2.27. The minimum atomic E-state index is -0.575. The summed E-state index contributed by atoms with van der Waals surface area (Å²) >= 11 is 6.20. The maximum Gasteiger partial charge on any atom is 0.407 e. The Morgan fingerprint density at radius 2 is 2.11 bits per heavy atom. The number of nitrogens with two attached hydrogens (primary N) is 1. The summed E-state index contributed by atoms with van der Waals surface area (Å²) in [7, 11) is 1.72. The second-order valence-electron chi connectivity index (χ2n) is 7.32. The molecule has 0 radical (unpaired) electrons. The molecule has 0 spiro atoms. The molecule has 1 aromatic heterocycles. The summed E-state index contributed by atoms with van der Waals surface area (Å²) in [6.07, 6.45) is -0.518. The average Bonchev–Trinajstić information content (AvgIpc) is 2.52. The van der Waals surface area contributed by atoms with Crippen LogP contribution in [0.4, 0.5) is 4.79 Å². The van der Waals surface area contributed by atoms with Gasteiger partial charge in [0.25, 0.3) is 5.56 Å². The minimum Gasteiger partial charge on any atom is -0.444 e. The van der Waals surface area contributed by atoms with Gasteiger partial charge in [0, 0.05) is 13.6 Å². The highest BCUT2D eigenvalue weighted by Gasteiger charge is 2.19. The van der Waals surface area contributed by atoms with Crippen LogP contribution in [0.15, 0.2) is 23.0 Å². The van der Waals surface area contributed by atoms with E-state index in [1.165, 1.54) is 4.68 Å². The molecule has 0 aliphatic heterocycles. The molecular weight excluding hydrogens is 370 g/mol. The highest BCUT2D eigenvalue weighted by Crippen LogP contribution is 2.20. The first-order chi connectivity index (χ1) is 12.5. The van der Waals surface area contributed by atoms with E-state index in [-0.39, 0.29) is 12.1 Å². The Bertz CT molecular complexity index is 889. The number of carbonyl (C=O) groups is 1. The SMILES string of the molecule is C[C@H](N)c1nc2cccc(Cl)c2c(=O)n1N(C)CCNC(=O)OC(C)(C)C. The van der Waals surface area contributed by atoms with Gasteiger partial charge in [0.2, 0.25) is 0 Å². The van der Waals surface area contributed by atoms with Gasteiger partial charge in [-0.25, -0.2) is 14.5 Å². The third kappa shape index (κ3) is 5.11. The van der Waals surface area contributed by atoms with Crippen molar-refractivity contribution in [1.82, 2.24) is 15.0 Å². The Morgan fingerprint density at radius 1 is 1.44 bits per heavy atom. The van der Waals surface area contributed by atoms with Crippen LogP contribution in [-0.2, 0) is 4.74 Å². The third-order valence-electron chi connectivity index (χ3n) is 3.70. The monoisotopic (exact) mass is 395 g/mol. The van der Waals surface area contributed by atoms with Crippen molar-refractivity contribution in [2.75, 3.05) is 25.1 Å². The number of likely N-dealkylation sites (N-methyl/N-ethyl adjacent to an activating group) is 1. The number of carbonyl (C=O) groups excluding carboxylic acids is 1. The molecule has 8 nitrogen and oxygen atoms in total. The quantitative estimate of drug-likeness (QED) is 0.804. The molecule has 2 aromatic rings. The molecule has 1 atom stereocenters. The largest absolute Gasteiger partial charge is 0.444 e. The molecule has 9 heteroatoms. The summed E-state index contributed by atoms with van der Waals surface area (Å²) in [5.41, 5.74) is 5.64. The molecule has 1 amide bonds. The lowest BCUT2D eigenvalue weighted by molar-refractivity contribution is 0.0529. The van der Waals surface area contributed by atoms with E-state index in [0.717, 1.165) is 0 Å². The van der Waals surface area contributed by atoms with Gasteiger partial charge in [-0.1, -0.05) is 17.7 Å². The zero-order valence-electron chi connectivity index (χ0n) is 16.2. The van der Waals surface area contributed by atoms with Crippen LogP contribution in [0, 0.1) is 0 Å². The van der Waals surface area contributed by atoms with E-state index in [9.17, 15) is 9.59 Å². The molecule has 2 rings (SSSR count). The number of hydrogen-bond donors (Lipinski definition) is 2. The van der Waals surface area contributed by atoms with Crippen LogP contribution in [0.3, 0.4) is 0 Å². The van der Waals surface area contributed by atoms with Crippen LogP contribution in [0.25, 0.3) is 10.9 Å². The Morgan fingerprint density at radius 3 is 2.70 bits per heavy atom. The van der Waals surface area contributed by atoms with Gasteiger partial charge < -0.3 is 20.8 Å². The maximum absolute atomic E-state index is 13.0. The van der Waals surface area contributed by atoms with Gasteiger partial charge in [0.1, 0.15) is 11.4 Å². The smallest absolute Gasteiger partial charge is 0.407 e. The average molecular weight is 396 g/mol. The number of nitrogens with zero attached hydrogens (tertiary/aromatic N) is 3. The van der Waals surface area contributed by atoms with Gasteiger partial charge in [-0.3, -0.25) is 4.79 Å². The van der Waals surface area contributed by atoms with Crippen molar-refractivity contribution >= 4 is 28.6 Å². The number of fused-ring (bicyclic) bond motifs is 1. The Hall–Kier alpha value is -2.32. The molecule has 27 heavy (non-hydrogen) atoms. The fraction of sp³-hybridized carbons (Fsp3) is 0.500. The summed E-state index contributed by atoms with van der Waals surface area (Å²) < 4.78 is 6.60. The van der Waals surface area contributed by atoms with E-state index in [1.54, 1.807) is 58.0 Å². The maximum atomic E-state index is 13.0. The van der Waals surface area contributed by atoms with E-state index in [4.69, 9.17) is 22.1 Å². The highest BCUT2D eigenvalue weighted by atomic mass is 35.5. The third-order valence-corrected chi connectivity index (χ3v) is 4.02. The molecule has 0 saturated heterocycles. The van der Waals surface area contributed by atoms with Crippen molar-refractivity contribution in [2.24, 2.45) is 5.73 Å². The van der Waals surface area contributed by atoms with Crippen LogP contribution in [0.1, 0.15) is 39.6 Å². The van der Waals surface area contributed by atoms with E-state index in [0.29, 0.717) is 28.3 Å². The standard InChI is InChI=1S/C18H26ClN5O3/c1-11(20)15-22-13-8-6-7-12(19)14(13)16(25)24(15)23(5)10-9-21-17(26)27-18(2,3)4/h6-8,11H,9-10,20H2,1-5H3,(H,21,26)/t11-/m0/s1. The number of rotatable bonds is 5. The van der Waals surface area contributed by atoms with Gasteiger partial charge >= 0.3 is 6.09 Å². The molecule has 148 valence electrons. The van der Waals surface area contributed by atoms with Crippen LogP contribution in [0.5, 0.6) is 0 Å². The Kier molecular flexibility index (Phi) is 6.33. The zero-order valence-corrected chi connectivity index (χ0v) is 17.0. The van der Waals surface area contributed by atoms with Gasteiger partial charge in [-0.15, -0.1) is 0 Å². The predicted octanol–water partition coefficient (Wildman–Crippen LogP) is 2.16. The van der Waals surface area contributed by atoms with Crippen LogP contribution in [-0.4, -0.2) is 41.5 Å². The number of amides is 1. The number of benzene rings is 1. The van der Waals surface area contributed by atoms with E-state index in [2.05, 4.69) is 10.3 Å². The number of halogens is 1. The summed E-state index contributed by atoms with van der Waals surface area (Å²) in [6.45, 7) is 7.74. The lowest BCUT2D eigenvalue weighted by Crippen LogP contribution is -2.47. The minimum absolute atomic E-state index is 0.275. The van der Waals surface area contributed by atoms with Crippen molar-refractivity contribution in [2.45, 2.75) is 39.3 Å². The second kappa shape index (κ2) is 8.14. The summed E-state index contributed by atoms with van der Waals surface area (Å²) in [5, 5.41) is 4.97.